The van der Waals surface area contributed by atoms with Crippen LogP contribution in [0.4, 0.5) is 5.82 Å². The molecule has 5 nitrogen and oxygen atoms in total. The Hall–Kier alpha value is -1.69. The number of nitrogens with zero attached hydrogens (tertiary/aromatic N) is 2. The predicted molar refractivity (Wildman–Crippen MR) is 84.0 cm³/mol. The van der Waals surface area contributed by atoms with Crippen molar-refractivity contribution < 1.29 is 9.53 Å². The first-order chi connectivity index (χ1) is 9.45. The van der Waals surface area contributed by atoms with Gasteiger partial charge in [0.15, 0.2) is 0 Å². The highest BCUT2D eigenvalue weighted by molar-refractivity contribution is 7.80. The van der Waals surface area contributed by atoms with E-state index in [4.69, 9.17) is 22.7 Å². The van der Waals surface area contributed by atoms with Crippen LogP contribution in [0, 0.1) is 5.92 Å². The maximum atomic E-state index is 11.8. The van der Waals surface area contributed by atoms with Crippen LogP contribution < -0.4 is 10.6 Å². The molecular formula is C14H21N3O2S. The third kappa shape index (κ3) is 4.77. The van der Waals surface area contributed by atoms with Crippen LogP contribution in [0.5, 0.6) is 0 Å². The van der Waals surface area contributed by atoms with Crippen LogP contribution in [-0.4, -0.2) is 36.1 Å². The predicted octanol–water partition coefficient (Wildman–Crippen LogP) is 2.01. The Morgan fingerprint density at radius 1 is 1.55 bits per heavy atom. The number of carbonyl (C=O) groups excluding carboxylic acids is 1. The van der Waals surface area contributed by atoms with Gasteiger partial charge < -0.3 is 15.4 Å². The minimum Gasteiger partial charge on any atom is -0.465 e. The molecule has 0 amide bonds. The van der Waals surface area contributed by atoms with Crippen LogP contribution in [0.2, 0.25) is 0 Å². The Kier molecular flexibility index (Phi) is 6.38. The van der Waals surface area contributed by atoms with Crippen molar-refractivity contribution in [2.24, 2.45) is 11.7 Å². The topological polar surface area (TPSA) is 68.5 Å². The van der Waals surface area contributed by atoms with Gasteiger partial charge in [0.2, 0.25) is 0 Å². The lowest BCUT2D eigenvalue weighted by molar-refractivity contribution is 0.0601. The van der Waals surface area contributed by atoms with Crippen LogP contribution in [0.1, 0.15) is 30.6 Å². The molecule has 0 saturated heterocycles. The Morgan fingerprint density at radius 2 is 2.25 bits per heavy atom. The second kappa shape index (κ2) is 7.79. The number of methoxy groups -OCH3 is 1. The van der Waals surface area contributed by atoms with Crippen molar-refractivity contribution in [2.75, 3.05) is 25.1 Å². The number of hydrogen-bond acceptors (Lipinski definition) is 5. The number of thiocarbonyl (C=S) groups is 1. The van der Waals surface area contributed by atoms with Gasteiger partial charge in [0.05, 0.1) is 12.1 Å². The van der Waals surface area contributed by atoms with Gasteiger partial charge >= 0.3 is 5.97 Å². The molecule has 0 spiro atoms. The quantitative estimate of drug-likeness (QED) is 0.613. The molecule has 0 aliphatic rings. The van der Waals surface area contributed by atoms with Crippen molar-refractivity contribution >= 4 is 29.0 Å². The highest BCUT2D eigenvalue weighted by Crippen LogP contribution is 2.19. The van der Waals surface area contributed by atoms with Crippen LogP contribution in [-0.2, 0) is 4.74 Å². The Bertz CT molecular complexity index is 477. The number of ether oxygens (including phenoxy) is 1. The lowest BCUT2D eigenvalue weighted by Gasteiger charge is -2.26. The van der Waals surface area contributed by atoms with Gasteiger partial charge in [-0.2, -0.15) is 0 Å². The van der Waals surface area contributed by atoms with E-state index in [9.17, 15) is 4.79 Å². The number of hydrogen-bond donors (Lipinski definition) is 1. The highest BCUT2D eigenvalue weighted by atomic mass is 32.1. The minimum absolute atomic E-state index is 0.391. The van der Waals surface area contributed by atoms with Crippen LogP contribution in [0.25, 0.3) is 0 Å². The van der Waals surface area contributed by atoms with E-state index in [0.29, 0.717) is 35.3 Å². The number of rotatable bonds is 7. The van der Waals surface area contributed by atoms with E-state index >= 15 is 0 Å². The molecule has 20 heavy (non-hydrogen) atoms. The van der Waals surface area contributed by atoms with Gasteiger partial charge in [0.25, 0.3) is 0 Å². The molecular weight excluding hydrogens is 274 g/mol. The zero-order valence-corrected chi connectivity index (χ0v) is 12.9. The van der Waals surface area contributed by atoms with E-state index < -0.39 is 5.97 Å². The summed E-state index contributed by atoms with van der Waals surface area (Å²) in [6.45, 7) is 5.61. The Labute approximate surface area is 125 Å². The number of carbonyl (C=O) groups is 1. The monoisotopic (exact) mass is 295 g/mol. The van der Waals surface area contributed by atoms with Gasteiger partial charge in [-0.25, -0.2) is 9.78 Å². The zero-order valence-electron chi connectivity index (χ0n) is 12.1. The van der Waals surface area contributed by atoms with E-state index in [1.807, 2.05) is 4.90 Å². The first kappa shape index (κ1) is 16.4. The van der Waals surface area contributed by atoms with Crippen molar-refractivity contribution in [3.63, 3.8) is 0 Å². The Morgan fingerprint density at radius 3 is 2.80 bits per heavy atom. The van der Waals surface area contributed by atoms with E-state index in [1.165, 1.54) is 7.11 Å². The fraction of sp³-hybridized carbons (Fsp3) is 0.500. The molecule has 1 aromatic rings. The minimum atomic E-state index is -0.391. The van der Waals surface area contributed by atoms with Crippen LogP contribution in [0.3, 0.4) is 0 Å². The van der Waals surface area contributed by atoms with Crippen LogP contribution in [0.15, 0.2) is 18.3 Å². The molecule has 2 N–H and O–H groups in total. The summed E-state index contributed by atoms with van der Waals surface area (Å²) in [4.78, 5) is 18.6. The molecule has 0 bridgehead atoms. The average molecular weight is 295 g/mol. The molecule has 0 atom stereocenters. The molecule has 0 fully saturated rings. The third-order valence-corrected chi connectivity index (χ3v) is 2.91. The molecule has 0 unspecified atom stereocenters. The van der Waals surface area contributed by atoms with E-state index in [0.717, 1.165) is 6.54 Å². The fourth-order valence-corrected chi connectivity index (χ4v) is 1.98. The summed E-state index contributed by atoms with van der Waals surface area (Å²) < 4.78 is 4.80. The molecule has 0 aromatic carbocycles. The summed E-state index contributed by atoms with van der Waals surface area (Å²) in [5.41, 5.74) is 6.02. The first-order valence-electron chi connectivity index (χ1n) is 6.52. The number of pyridine rings is 1. The van der Waals surface area contributed by atoms with Crippen molar-refractivity contribution in [1.29, 1.82) is 0 Å². The SMILES string of the molecule is COC(=O)c1cccnc1N(CCC(N)=S)CC(C)C. The van der Waals surface area contributed by atoms with Crippen molar-refractivity contribution in [2.45, 2.75) is 20.3 Å². The fourth-order valence-electron chi connectivity index (χ4n) is 1.89. The molecule has 110 valence electrons. The smallest absolute Gasteiger partial charge is 0.341 e. The van der Waals surface area contributed by atoms with Crippen molar-refractivity contribution in [1.82, 2.24) is 4.98 Å². The van der Waals surface area contributed by atoms with Gasteiger partial charge in [-0.15, -0.1) is 0 Å². The van der Waals surface area contributed by atoms with E-state index in [-0.39, 0.29) is 0 Å². The van der Waals surface area contributed by atoms with Gasteiger partial charge in [0, 0.05) is 25.7 Å². The van der Waals surface area contributed by atoms with Gasteiger partial charge in [-0.3, -0.25) is 0 Å². The second-order valence-corrected chi connectivity index (χ2v) is 5.45. The summed E-state index contributed by atoms with van der Waals surface area (Å²) in [5.74, 6) is 0.648. The van der Waals surface area contributed by atoms with Crippen LogP contribution >= 0.6 is 12.2 Å². The molecule has 1 aromatic heterocycles. The van der Waals surface area contributed by atoms with E-state index in [1.54, 1.807) is 18.3 Å². The summed E-state index contributed by atoms with van der Waals surface area (Å²) in [6, 6.07) is 3.43. The summed E-state index contributed by atoms with van der Waals surface area (Å²) in [7, 11) is 1.36. The summed E-state index contributed by atoms with van der Waals surface area (Å²) in [6.07, 6.45) is 2.25. The molecule has 1 rings (SSSR count). The summed E-state index contributed by atoms with van der Waals surface area (Å²) in [5, 5.41) is 0. The molecule has 6 heteroatoms. The number of esters is 1. The number of aromatic nitrogens is 1. The van der Waals surface area contributed by atoms with Gasteiger partial charge in [0.1, 0.15) is 11.4 Å². The normalized spacial score (nSPS) is 10.4. The zero-order chi connectivity index (χ0) is 15.1. The third-order valence-electron chi connectivity index (χ3n) is 2.71. The standard InChI is InChI=1S/C14H21N3O2S/c1-10(2)9-17(8-6-12(15)20)13-11(14(18)19-3)5-4-7-16-13/h4-5,7,10H,6,8-9H2,1-3H3,(H2,15,20). The lowest BCUT2D eigenvalue weighted by atomic mass is 10.1. The average Bonchev–Trinajstić information content (AvgIpc) is 2.42. The second-order valence-electron chi connectivity index (χ2n) is 4.92. The molecule has 0 aliphatic carbocycles. The largest absolute Gasteiger partial charge is 0.465 e. The summed E-state index contributed by atoms with van der Waals surface area (Å²) >= 11 is 4.92. The van der Waals surface area contributed by atoms with E-state index in [2.05, 4.69) is 18.8 Å². The van der Waals surface area contributed by atoms with Gasteiger partial charge in [-0.1, -0.05) is 26.1 Å². The Balaban J connectivity index is 3.05. The van der Waals surface area contributed by atoms with Gasteiger partial charge in [-0.05, 0) is 18.1 Å². The highest BCUT2D eigenvalue weighted by Gasteiger charge is 2.19. The first-order valence-corrected chi connectivity index (χ1v) is 6.93. The maximum Gasteiger partial charge on any atom is 0.341 e. The van der Waals surface area contributed by atoms with Crippen molar-refractivity contribution in [3.8, 4) is 0 Å². The molecule has 0 saturated carbocycles. The van der Waals surface area contributed by atoms with Crippen molar-refractivity contribution in [3.05, 3.63) is 23.9 Å². The molecule has 0 radical (unpaired) electrons. The lowest BCUT2D eigenvalue weighted by Crippen LogP contribution is -2.33. The molecule has 0 aliphatic heterocycles. The number of nitrogens with two attached hydrogens (primary N) is 1. The molecule has 1 heterocycles. The number of anilines is 1. The maximum absolute atomic E-state index is 11.8.